The predicted molar refractivity (Wildman–Crippen MR) is 43.4 cm³/mol. The normalized spacial score (nSPS) is 9.85. The smallest absolute Gasteiger partial charge is 0.417 e. The minimum Gasteiger partial charge on any atom is -0.457 e. The van der Waals surface area contributed by atoms with Crippen molar-refractivity contribution in [3.05, 3.63) is 5.82 Å². The van der Waals surface area contributed by atoms with Gasteiger partial charge in [-0.15, -0.1) is 5.10 Å². The van der Waals surface area contributed by atoms with Crippen LogP contribution in [0.4, 0.5) is 0 Å². The van der Waals surface area contributed by atoms with Gasteiger partial charge in [0, 0.05) is 6.42 Å². The Morgan fingerprint density at radius 2 is 2.31 bits per heavy atom. The van der Waals surface area contributed by atoms with Crippen LogP contribution < -0.4 is 0 Å². The van der Waals surface area contributed by atoms with E-state index in [1.54, 1.807) is 0 Å². The average molecular weight is 183 g/mol. The number of tetrazole rings is 1. The third-order valence-electron chi connectivity index (χ3n) is 1.61. The van der Waals surface area contributed by atoms with Crippen LogP contribution in [-0.4, -0.2) is 33.7 Å². The monoisotopic (exact) mass is 183 g/mol. The van der Waals surface area contributed by atoms with Crippen LogP contribution in [0, 0.1) is 0 Å². The fraction of sp³-hybridized carbons (Fsp3) is 0.714. The highest BCUT2D eigenvalue weighted by Crippen LogP contribution is 2.00. The van der Waals surface area contributed by atoms with Crippen molar-refractivity contribution in [3.63, 3.8) is 0 Å². The van der Waals surface area contributed by atoms with E-state index in [2.05, 4.69) is 25.4 Å². The molecule has 6 nitrogen and oxygen atoms in total. The first-order valence-electron chi connectivity index (χ1n) is 4.15. The van der Waals surface area contributed by atoms with Gasteiger partial charge in [-0.1, -0.05) is 0 Å². The molecule has 1 radical (unpaired) electrons. The van der Waals surface area contributed by atoms with Crippen LogP contribution in [0.3, 0.4) is 0 Å². The van der Waals surface area contributed by atoms with Crippen LogP contribution in [0.5, 0.6) is 0 Å². The second-order valence-corrected chi connectivity index (χ2v) is 2.59. The van der Waals surface area contributed by atoms with E-state index in [0.29, 0.717) is 6.61 Å². The lowest BCUT2D eigenvalue weighted by atomic mass is 10.2. The molecule has 1 aromatic rings. The van der Waals surface area contributed by atoms with E-state index in [-0.39, 0.29) is 0 Å². The molecule has 0 aliphatic carbocycles. The number of nitrogens with zero attached hydrogens (tertiary/aromatic N) is 3. The van der Waals surface area contributed by atoms with E-state index in [1.807, 2.05) is 0 Å². The summed E-state index contributed by atoms with van der Waals surface area (Å²) >= 11 is 0. The standard InChI is InChI=1S/C7H11N4O2/c12-6-13-5-3-1-2-4-7-8-10-11-9-7/h1-5H2,(H,8,9,10,11). The van der Waals surface area contributed by atoms with Gasteiger partial charge in [-0.25, -0.2) is 9.89 Å². The maximum atomic E-state index is 9.65. The van der Waals surface area contributed by atoms with E-state index < -0.39 is 0 Å². The molecular weight excluding hydrogens is 172 g/mol. The Hall–Kier alpha value is -1.46. The first kappa shape index (κ1) is 9.63. The number of rotatable bonds is 7. The Kier molecular flexibility index (Phi) is 4.52. The lowest BCUT2D eigenvalue weighted by Crippen LogP contribution is -1.93. The summed E-state index contributed by atoms with van der Waals surface area (Å²) < 4.78 is 4.42. The Morgan fingerprint density at radius 1 is 1.38 bits per heavy atom. The fourth-order valence-corrected chi connectivity index (χ4v) is 0.970. The zero-order valence-electron chi connectivity index (χ0n) is 7.19. The SMILES string of the molecule is O=[C]OCCCCCc1nnn[nH]1. The molecule has 71 valence electrons. The van der Waals surface area contributed by atoms with Crippen molar-refractivity contribution < 1.29 is 9.53 Å². The Labute approximate surface area is 75.7 Å². The van der Waals surface area contributed by atoms with E-state index in [0.717, 1.165) is 31.5 Å². The molecule has 0 amide bonds. The summed E-state index contributed by atoms with van der Waals surface area (Å²) in [5.74, 6) is 0.794. The molecule has 0 aliphatic rings. The van der Waals surface area contributed by atoms with E-state index >= 15 is 0 Å². The first-order valence-corrected chi connectivity index (χ1v) is 4.15. The van der Waals surface area contributed by atoms with Gasteiger partial charge in [0.15, 0.2) is 0 Å². The number of ether oxygens (including phenoxy) is 1. The third-order valence-corrected chi connectivity index (χ3v) is 1.61. The molecule has 0 fully saturated rings. The molecule has 0 unspecified atom stereocenters. The first-order chi connectivity index (χ1) is 6.43. The molecule has 0 spiro atoms. The maximum absolute atomic E-state index is 9.65. The number of aromatic nitrogens is 4. The van der Waals surface area contributed by atoms with Crippen molar-refractivity contribution >= 4 is 6.47 Å². The summed E-state index contributed by atoms with van der Waals surface area (Å²) in [5.41, 5.74) is 0. The zero-order valence-corrected chi connectivity index (χ0v) is 7.19. The lowest BCUT2D eigenvalue weighted by Gasteiger charge is -1.96. The highest BCUT2D eigenvalue weighted by molar-refractivity contribution is 5.37. The highest BCUT2D eigenvalue weighted by atomic mass is 16.5. The van der Waals surface area contributed by atoms with Gasteiger partial charge in [-0.05, 0) is 29.7 Å². The molecule has 1 heterocycles. The van der Waals surface area contributed by atoms with Crippen molar-refractivity contribution in [2.75, 3.05) is 6.61 Å². The van der Waals surface area contributed by atoms with Crippen LogP contribution in [0.2, 0.25) is 0 Å². The molecule has 13 heavy (non-hydrogen) atoms. The van der Waals surface area contributed by atoms with Crippen molar-refractivity contribution in [1.82, 2.24) is 20.6 Å². The summed E-state index contributed by atoms with van der Waals surface area (Å²) in [6.07, 6.45) is 3.66. The molecule has 1 rings (SSSR count). The van der Waals surface area contributed by atoms with Crippen LogP contribution in [0.15, 0.2) is 0 Å². The summed E-state index contributed by atoms with van der Waals surface area (Å²) in [4.78, 5) is 9.65. The number of hydrogen-bond donors (Lipinski definition) is 1. The largest absolute Gasteiger partial charge is 0.457 e. The Bertz CT molecular complexity index is 224. The van der Waals surface area contributed by atoms with Crippen LogP contribution in [0.1, 0.15) is 25.1 Å². The molecule has 1 N–H and O–H groups in total. The number of carbonyl (C=O) groups excluding carboxylic acids is 1. The molecule has 1 aromatic heterocycles. The fourth-order valence-electron chi connectivity index (χ4n) is 0.970. The zero-order chi connectivity index (χ0) is 9.36. The van der Waals surface area contributed by atoms with E-state index in [1.165, 1.54) is 6.47 Å². The van der Waals surface area contributed by atoms with Gasteiger partial charge in [0.2, 0.25) is 0 Å². The van der Waals surface area contributed by atoms with Gasteiger partial charge in [0.1, 0.15) is 5.82 Å². The highest BCUT2D eigenvalue weighted by Gasteiger charge is 1.96. The van der Waals surface area contributed by atoms with Gasteiger partial charge in [0.05, 0.1) is 6.61 Å². The molecule has 0 saturated carbocycles. The molecule has 0 aromatic carbocycles. The van der Waals surface area contributed by atoms with Crippen molar-refractivity contribution in [1.29, 1.82) is 0 Å². The summed E-state index contributed by atoms with van der Waals surface area (Å²) in [6, 6.07) is 0. The molecule has 0 saturated heterocycles. The third kappa shape index (κ3) is 4.19. The molecule has 0 atom stereocenters. The minimum atomic E-state index is 0.443. The predicted octanol–water partition coefficient (Wildman–Crippen LogP) is -0.00370. The molecule has 6 heteroatoms. The second kappa shape index (κ2) is 6.10. The number of hydrogen-bond acceptors (Lipinski definition) is 5. The van der Waals surface area contributed by atoms with Gasteiger partial charge in [-0.3, -0.25) is 0 Å². The quantitative estimate of drug-likeness (QED) is 0.601. The summed E-state index contributed by atoms with van der Waals surface area (Å²) in [7, 11) is 0. The van der Waals surface area contributed by atoms with Gasteiger partial charge >= 0.3 is 6.47 Å². The molecular formula is C7H11N4O2. The Balaban J connectivity index is 1.93. The summed E-state index contributed by atoms with van der Waals surface area (Å²) in [5, 5.41) is 13.3. The number of H-pyrrole nitrogens is 1. The minimum absolute atomic E-state index is 0.443. The molecule has 0 bridgehead atoms. The molecule has 0 aliphatic heterocycles. The number of aromatic amines is 1. The van der Waals surface area contributed by atoms with Gasteiger partial charge < -0.3 is 4.74 Å². The van der Waals surface area contributed by atoms with Gasteiger partial charge in [0.25, 0.3) is 0 Å². The van der Waals surface area contributed by atoms with Crippen LogP contribution in [-0.2, 0) is 16.0 Å². The maximum Gasteiger partial charge on any atom is 0.417 e. The average Bonchev–Trinajstić information content (AvgIpc) is 2.63. The lowest BCUT2D eigenvalue weighted by molar-refractivity contribution is 0.269. The van der Waals surface area contributed by atoms with Crippen molar-refractivity contribution in [2.45, 2.75) is 25.7 Å². The summed E-state index contributed by atoms with van der Waals surface area (Å²) in [6.45, 7) is 1.83. The number of aryl methyl sites for hydroxylation is 1. The van der Waals surface area contributed by atoms with Crippen LogP contribution >= 0.6 is 0 Å². The number of nitrogens with one attached hydrogen (secondary N) is 1. The van der Waals surface area contributed by atoms with Crippen LogP contribution in [0.25, 0.3) is 0 Å². The topological polar surface area (TPSA) is 80.8 Å². The van der Waals surface area contributed by atoms with E-state index in [9.17, 15) is 4.79 Å². The van der Waals surface area contributed by atoms with E-state index in [4.69, 9.17) is 0 Å². The second-order valence-electron chi connectivity index (χ2n) is 2.59. The Morgan fingerprint density at radius 3 is 3.00 bits per heavy atom. The number of unbranched alkanes of at least 4 members (excludes halogenated alkanes) is 2. The van der Waals surface area contributed by atoms with Gasteiger partial charge in [-0.2, -0.15) is 0 Å². The van der Waals surface area contributed by atoms with Crippen molar-refractivity contribution in [2.24, 2.45) is 0 Å². The van der Waals surface area contributed by atoms with Crippen molar-refractivity contribution in [3.8, 4) is 0 Å².